The van der Waals surface area contributed by atoms with Crippen molar-refractivity contribution in [3.05, 3.63) is 39.0 Å². The number of halogens is 3. The van der Waals surface area contributed by atoms with Crippen LogP contribution in [0.25, 0.3) is 0 Å². The Morgan fingerprint density at radius 2 is 1.91 bits per heavy atom. The number of rotatable bonds is 5. The predicted molar refractivity (Wildman–Crippen MR) is 120 cm³/mol. The van der Waals surface area contributed by atoms with Gasteiger partial charge in [0.1, 0.15) is 0 Å². The predicted octanol–water partition coefficient (Wildman–Crippen LogP) is 4.52. The minimum absolute atomic E-state index is 0.00300. The lowest BCUT2D eigenvalue weighted by Gasteiger charge is -2.19. The van der Waals surface area contributed by atoms with Gasteiger partial charge in [0.25, 0.3) is 5.91 Å². The van der Waals surface area contributed by atoms with Crippen molar-refractivity contribution in [1.82, 2.24) is 0 Å². The lowest BCUT2D eigenvalue weighted by molar-refractivity contribution is -0.287. The van der Waals surface area contributed by atoms with Crippen LogP contribution >= 0.6 is 11.3 Å². The highest BCUT2D eigenvalue weighted by molar-refractivity contribution is 7.93. The van der Waals surface area contributed by atoms with Crippen molar-refractivity contribution in [2.75, 3.05) is 0 Å². The molecule has 1 aliphatic carbocycles. The highest BCUT2D eigenvalue weighted by atomic mass is 32.2. The maximum atomic E-state index is 14.5. The van der Waals surface area contributed by atoms with Gasteiger partial charge < -0.3 is 14.6 Å². The summed E-state index contributed by atoms with van der Waals surface area (Å²) in [4.78, 5) is 13.1. The van der Waals surface area contributed by atoms with E-state index < -0.39 is 37.7 Å². The molecule has 0 bridgehead atoms. The van der Waals surface area contributed by atoms with E-state index in [-0.39, 0.29) is 28.7 Å². The molecule has 0 saturated carbocycles. The van der Waals surface area contributed by atoms with Crippen LogP contribution in [0.15, 0.2) is 14.6 Å². The van der Waals surface area contributed by atoms with Crippen LogP contribution in [-0.2, 0) is 39.6 Å². The van der Waals surface area contributed by atoms with Crippen molar-refractivity contribution in [3.8, 4) is 11.5 Å². The summed E-state index contributed by atoms with van der Waals surface area (Å²) in [6.07, 6.45) is -2.45. The first-order valence-corrected chi connectivity index (χ1v) is 13.1. The molecule has 2 heterocycles. The maximum Gasteiger partial charge on any atom is 0.586 e. The number of aliphatic hydroxyl groups is 1. The van der Waals surface area contributed by atoms with Gasteiger partial charge in [0.2, 0.25) is 0 Å². The Kier molecular flexibility index (Phi) is 6.03. The van der Waals surface area contributed by atoms with E-state index in [1.807, 2.05) is 0 Å². The summed E-state index contributed by atoms with van der Waals surface area (Å²) in [5.74, 6) is -2.22. The smallest absolute Gasteiger partial charge is 0.395 e. The second-order valence-corrected chi connectivity index (χ2v) is 12.3. The molecule has 0 radical (unpaired) electrons. The molecule has 3 N–H and O–H groups in total. The lowest BCUT2D eigenvalue weighted by atomic mass is 9.87. The molecule has 1 aliphatic heterocycles. The summed E-state index contributed by atoms with van der Waals surface area (Å²) in [7, 11) is -3.95. The van der Waals surface area contributed by atoms with Gasteiger partial charge in [0, 0.05) is 16.0 Å². The van der Waals surface area contributed by atoms with Gasteiger partial charge in [-0.2, -0.15) is 0 Å². The van der Waals surface area contributed by atoms with E-state index in [9.17, 15) is 27.3 Å². The molecule has 1 atom stereocenters. The van der Waals surface area contributed by atoms with Crippen LogP contribution in [0.5, 0.6) is 11.5 Å². The van der Waals surface area contributed by atoms with Crippen LogP contribution in [-0.4, -0.2) is 21.5 Å². The van der Waals surface area contributed by atoms with E-state index >= 15 is 0 Å². The Bertz CT molecular complexity index is 1300. The van der Waals surface area contributed by atoms with Crippen molar-refractivity contribution in [2.24, 2.45) is 9.50 Å². The number of amides is 1. The summed E-state index contributed by atoms with van der Waals surface area (Å²) < 4.78 is 68.1. The van der Waals surface area contributed by atoms with Crippen molar-refractivity contribution in [2.45, 2.75) is 75.4 Å². The molecule has 186 valence electrons. The molecule has 2 aromatic rings. The number of hydrogen-bond acceptors (Lipinski definition) is 6. The highest BCUT2D eigenvalue weighted by Crippen LogP contribution is 2.53. The number of carbonyl (C=O) groups is 1. The third kappa shape index (κ3) is 4.43. The van der Waals surface area contributed by atoms with Crippen LogP contribution in [0, 0.1) is 5.82 Å². The van der Waals surface area contributed by atoms with Crippen LogP contribution < -0.4 is 14.6 Å². The fourth-order valence-electron chi connectivity index (χ4n) is 4.40. The number of hydrogen-bond donors (Lipinski definition) is 2. The zero-order valence-electron chi connectivity index (χ0n) is 19.0. The number of ether oxygens (including phenoxy) is 2. The molecule has 0 saturated heterocycles. The molecular formula is C22H25F3N2O5S2. The molecule has 0 fully saturated rings. The molecular weight excluding hydrogens is 493 g/mol. The standard InChI is InChI=1S/C22H25F3N2O5S2/c1-10(2)17-13(11-6-5-7-12(11)18-19(17)32-22(24,25)31-18)8-16(28)27-34(26,30)20-14(23)9-15(33-20)21(3,4)29/h9-10,29H,5-8H2,1-4H3,(H2,26,27,28,30). The second kappa shape index (κ2) is 8.21. The normalized spacial score (nSPS) is 18.2. The third-order valence-electron chi connectivity index (χ3n) is 5.74. The fraction of sp³-hybridized carbons (Fsp3) is 0.500. The second-order valence-electron chi connectivity index (χ2n) is 9.22. The topological polar surface area (TPSA) is 111 Å². The quantitative estimate of drug-likeness (QED) is 0.605. The summed E-state index contributed by atoms with van der Waals surface area (Å²) in [5.41, 5.74) is 0.737. The number of fused-ring (bicyclic) bond motifs is 3. The van der Waals surface area contributed by atoms with E-state index in [0.717, 1.165) is 6.07 Å². The third-order valence-corrected chi connectivity index (χ3v) is 9.13. The van der Waals surface area contributed by atoms with Gasteiger partial charge in [-0.1, -0.05) is 13.8 Å². The van der Waals surface area contributed by atoms with E-state index in [1.54, 1.807) is 13.8 Å². The number of nitrogens with zero attached hydrogens (tertiary/aromatic N) is 1. The van der Waals surface area contributed by atoms with E-state index in [0.29, 0.717) is 52.9 Å². The van der Waals surface area contributed by atoms with Crippen LogP contribution in [0.1, 0.15) is 67.2 Å². The van der Waals surface area contributed by atoms with Crippen molar-refractivity contribution >= 4 is 27.2 Å². The summed E-state index contributed by atoms with van der Waals surface area (Å²) >= 11 is 0.675. The average Bonchev–Trinajstić information content (AvgIpc) is 3.36. The van der Waals surface area contributed by atoms with Gasteiger partial charge in [0.05, 0.1) is 12.0 Å². The van der Waals surface area contributed by atoms with Crippen molar-refractivity contribution in [3.63, 3.8) is 0 Å². The van der Waals surface area contributed by atoms with Gasteiger partial charge in [0.15, 0.2) is 31.4 Å². The van der Waals surface area contributed by atoms with Gasteiger partial charge in [-0.15, -0.1) is 24.5 Å². The molecule has 4 rings (SSSR count). The number of alkyl halides is 2. The van der Waals surface area contributed by atoms with Crippen LogP contribution in [0.3, 0.4) is 0 Å². The Hall–Kier alpha value is -2.15. The first-order chi connectivity index (χ1) is 15.6. The van der Waals surface area contributed by atoms with Gasteiger partial charge in [-0.3, -0.25) is 4.79 Å². The number of carbonyl (C=O) groups excluding carboxylic acids is 1. The van der Waals surface area contributed by atoms with E-state index in [1.165, 1.54) is 13.8 Å². The lowest BCUT2D eigenvalue weighted by Crippen LogP contribution is -2.26. The molecule has 7 nitrogen and oxygen atoms in total. The number of benzene rings is 1. The van der Waals surface area contributed by atoms with E-state index in [4.69, 9.17) is 14.6 Å². The van der Waals surface area contributed by atoms with Gasteiger partial charge >= 0.3 is 6.29 Å². The van der Waals surface area contributed by atoms with E-state index in [2.05, 4.69) is 4.36 Å². The Morgan fingerprint density at radius 1 is 1.29 bits per heavy atom. The minimum Gasteiger partial charge on any atom is -0.395 e. The average molecular weight is 519 g/mol. The Morgan fingerprint density at radius 3 is 2.50 bits per heavy atom. The molecule has 1 aromatic heterocycles. The van der Waals surface area contributed by atoms with Crippen LogP contribution in [0.4, 0.5) is 13.2 Å². The first kappa shape index (κ1) is 25.0. The Balaban J connectivity index is 1.76. The zero-order chi connectivity index (χ0) is 25.2. The van der Waals surface area contributed by atoms with Gasteiger partial charge in [-0.05, 0) is 56.2 Å². The van der Waals surface area contributed by atoms with Crippen molar-refractivity contribution in [1.29, 1.82) is 0 Å². The summed E-state index contributed by atoms with van der Waals surface area (Å²) in [6.45, 7) is 6.40. The largest absolute Gasteiger partial charge is 0.586 e. The number of thiophene rings is 1. The molecule has 1 unspecified atom stereocenters. The fourth-order valence-corrected chi connectivity index (χ4v) is 6.81. The highest BCUT2D eigenvalue weighted by Gasteiger charge is 2.48. The number of nitrogens with two attached hydrogens (primary N) is 1. The molecule has 1 aromatic carbocycles. The minimum atomic E-state index is -3.95. The molecule has 12 heteroatoms. The van der Waals surface area contributed by atoms with Gasteiger partial charge in [-0.25, -0.2) is 13.7 Å². The monoisotopic (exact) mass is 518 g/mol. The Labute approximate surface area is 199 Å². The molecule has 0 spiro atoms. The van der Waals surface area contributed by atoms with Crippen molar-refractivity contribution < 1.29 is 36.8 Å². The summed E-state index contributed by atoms with van der Waals surface area (Å²) in [5, 5.41) is 15.9. The summed E-state index contributed by atoms with van der Waals surface area (Å²) in [6, 6.07) is 1.01. The SMILES string of the molecule is CC(C)c1c(CC(=O)N=S(N)(=O)c2sc(C(C)(C)O)cc2F)c2c(c3c1OC(F)(F)O3)CCC2. The van der Waals surface area contributed by atoms with Crippen LogP contribution in [0.2, 0.25) is 0 Å². The maximum absolute atomic E-state index is 14.5. The molecule has 2 aliphatic rings. The molecule has 34 heavy (non-hydrogen) atoms. The first-order valence-electron chi connectivity index (χ1n) is 10.7. The zero-order valence-corrected chi connectivity index (χ0v) is 20.7. The molecule has 1 amide bonds.